The lowest BCUT2D eigenvalue weighted by atomic mass is 9.70. The Hall–Kier alpha value is -3.34. The largest absolute Gasteiger partial charge is 0.481 e. The molecule has 1 saturated carbocycles. The molecule has 3 N–H and O–H groups in total. The monoisotopic (exact) mass is 579 g/mol. The number of hydrogen-bond acceptors (Lipinski definition) is 7. The average Bonchev–Trinajstić information content (AvgIpc) is 3.38. The fraction of sp³-hybridized carbons (Fsp3) is 0.357. The van der Waals surface area contributed by atoms with Crippen molar-refractivity contribution in [3.63, 3.8) is 0 Å². The quantitative estimate of drug-likeness (QED) is 0.259. The van der Waals surface area contributed by atoms with Gasteiger partial charge in [0.15, 0.2) is 5.65 Å². The molecular weight excluding hydrogens is 550 g/mol. The third-order valence-corrected chi connectivity index (χ3v) is 8.20. The third kappa shape index (κ3) is 5.03. The van der Waals surface area contributed by atoms with Gasteiger partial charge in [0.25, 0.3) is 0 Å². The Morgan fingerprint density at radius 3 is 2.55 bits per heavy atom. The maximum Gasteiger partial charge on any atom is 0.311 e. The predicted octanol–water partition coefficient (Wildman–Crippen LogP) is 5.19. The van der Waals surface area contributed by atoms with E-state index in [9.17, 15) is 9.90 Å². The number of fused-ring (bicyclic) bond motifs is 1. The molecule has 1 aliphatic carbocycles. The summed E-state index contributed by atoms with van der Waals surface area (Å²) in [7, 11) is 1.59. The number of pyridine rings is 1. The number of carbonyl (C=O) groups is 1. The first-order valence-electron chi connectivity index (χ1n) is 12.6. The summed E-state index contributed by atoms with van der Waals surface area (Å²) in [4.78, 5) is 21.8. The minimum absolute atomic E-state index is 0.0597. The van der Waals surface area contributed by atoms with Crippen molar-refractivity contribution in [1.29, 1.82) is 0 Å². The lowest BCUT2D eigenvalue weighted by molar-refractivity contribution is -0.156. The van der Waals surface area contributed by atoms with Crippen molar-refractivity contribution < 1.29 is 19.4 Å². The Balaban J connectivity index is 1.41. The van der Waals surface area contributed by atoms with Gasteiger partial charge in [-0.1, -0.05) is 36.4 Å². The van der Waals surface area contributed by atoms with Crippen molar-refractivity contribution in [3.8, 4) is 22.4 Å². The summed E-state index contributed by atoms with van der Waals surface area (Å²) < 4.78 is 13.0. The van der Waals surface area contributed by atoms with Crippen LogP contribution in [-0.4, -0.2) is 57.6 Å². The molecular formula is C28H30BrN5O4. The van der Waals surface area contributed by atoms with Gasteiger partial charge in [-0.05, 0) is 47.7 Å². The van der Waals surface area contributed by atoms with Crippen LogP contribution in [0.1, 0.15) is 37.3 Å². The van der Waals surface area contributed by atoms with Crippen LogP contribution in [0.2, 0.25) is 0 Å². The van der Waals surface area contributed by atoms with Crippen LogP contribution in [-0.2, 0) is 14.3 Å². The molecule has 0 bridgehead atoms. The third-order valence-electron chi connectivity index (χ3n) is 7.39. The second kappa shape index (κ2) is 11.2. The van der Waals surface area contributed by atoms with Crippen molar-refractivity contribution in [2.24, 2.45) is 5.41 Å². The molecule has 9 nitrogen and oxygen atoms in total. The van der Waals surface area contributed by atoms with E-state index in [0.717, 1.165) is 28.1 Å². The zero-order chi connectivity index (χ0) is 26.7. The maximum absolute atomic E-state index is 12.2. The number of hydrogen-bond donors (Lipinski definition) is 2. The Bertz CT molecular complexity index is 1420. The predicted molar refractivity (Wildman–Crippen MR) is 148 cm³/mol. The molecule has 1 aromatic carbocycles. The summed E-state index contributed by atoms with van der Waals surface area (Å²) in [5.74, 6) is -0.299. The molecule has 0 aliphatic heterocycles. The van der Waals surface area contributed by atoms with Crippen LogP contribution in [0.25, 0.3) is 28.0 Å². The molecule has 38 heavy (non-hydrogen) atoms. The molecule has 0 unspecified atom stereocenters. The second-order valence-electron chi connectivity index (χ2n) is 9.69. The van der Waals surface area contributed by atoms with Crippen molar-refractivity contribution >= 4 is 33.4 Å². The van der Waals surface area contributed by atoms with Crippen LogP contribution in [0, 0.1) is 5.41 Å². The number of nitrogens with two attached hydrogens (primary N) is 1. The zero-order valence-electron chi connectivity index (χ0n) is 21.1. The number of aliphatic carboxylic acids is 1. The summed E-state index contributed by atoms with van der Waals surface area (Å²) in [6.45, 7) is 0.986. The first-order valence-corrected chi connectivity index (χ1v) is 13.4. The van der Waals surface area contributed by atoms with E-state index < -0.39 is 11.4 Å². The minimum atomic E-state index is -0.902. The number of methoxy groups -OCH3 is 1. The van der Waals surface area contributed by atoms with E-state index in [0.29, 0.717) is 54.8 Å². The molecule has 0 spiro atoms. The molecule has 4 aromatic rings. The number of carboxylic acids is 1. The first-order chi connectivity index (χ1) is 18.4. The number of benzene rings is 1. The number of halogens is 1. The van der Waals surface area contributed by atoms with Gasteiger partial charge in [-0.2, -0.15) is 9.61 Å². The van der Waals surface area contributed by atoms with Gasteiger partial charge in [0, 0.05) is 35.9 Å². The van der Waals surface area contributed by atoms with Gasteiger partial charge in [-0.15, -0.1) is 0 Å². The molecule has 0 atom stereocenters. The number of aromatic nitrogens is 4. The smallest absolute Gasteiger partial charge is 0.311 e. The van der Waals surface area contributed by atoms with Gasteiger partial charge in [-0.25, -0.2) is 4.98 Å². The molecule has 5 rings (SSSR count). The van der Waals surface area contributed by atoms with Crippen molar-refractivity contribution in [3.05, 3.63) is 65.0 Å². The highest BCUT2D eigenvalue weighted by molar-refractivity contribution is 9.10. The Morgan fingerprint density at radius 1 is 1.13 bits per heavy atom. The number of anilines is 1. The van der Waals surface area contributed by atoms with Crippen LogP contribution < -0.4 is 5.73 Å². The summed E-state index contributed by atoms with van der Waals surface area (Å²) >= 11 is 3.64. The van der Waals surface area contributed by atoms with Crippen LogP contribution in [0.3, 0.4) is 0 Å². The molecule has 3 heterocycles. The van der Waals surface area contributed by atoms with Gasteiger partial charge < -0.3 is 20.3 Å². The molecule has 198 valence electrons. The topological polar surface area (TPSA) is 125 Å². The fourth-order valence-electron chi connectivity index (χ4n) is 5.09. The highest BCUT2D eigenvalue weighted by Gasteiger charge is 2.43. The molecule has 3 aromatic heterocycles. The number of nitrogen functional groups attached to an aromatic ring is 1. The number of rotatable bonds is 9. The van der Waals surface area contributed by atoms with E-state index in [4.69, 9.17) is 20.2 Å². The number of carboxylic acid groups (broad SMARTS) is 1. The van der Waals surface area contributed by atoms with Gasteiger partial charge in [0.05, 0.1) is 47.3 Å². The zero-order valence-corrected chi connectivity index (χ0v) is 22.7. The van der Waals surface area contributed by atoms with E-state index in [1.807, 2.05) is 48.7 Å². The fourth-order valence-corrected chi connectivity index (χ4v) is 5.67. The molecule has 0 radical (unpaired) electrons. The molecule has 10 heteroatoms. The molecule has 0 saturated heterocycles. The van der Waals surface area contributed by atoms with E-state index >= 15 is 0 Å². The van der Waals surface area contributed by atoms with Crippen LogP contribution in [0.4, 0.5) is 5.82 Å². The van der Waals surface area contributed by atoms with Crippen LogP contribution in [0.15, 0.2) is 59.3 Å². The normalized spacial score (nSPS) is 19.6. The van der Waals surface area contributed by atoms with Gasteiger partial charge in [-0.3, -0.25) is 9.78 Å². The highest BCUT2D eigenvalue weighted by Crippen LogP contribution is 2.46. The maximum atomic E-state index is 12.2. The summed E-state index contributed by atoms with van der Waals surface area (Å²) in [6, 6.07) is 14.0. The second-order valence-corrected chi connectivity index (χ2v) is 10.5. The van der Waals surface area contributed by atoms with E-state index in [-0.39, 0.29) is 12.5 Å². The van der Waals surface area contributed by atoms with Crippen molar-refractivity contribution in [2.45, 2.75) is 31.6 Å². The molecule has 0 amide bonds. The molecule has 1 aliphatic rings. The van der Waals surface area contributed by atoms with E-state index in [1.54, 1.807) is 17.8 Å². The first kappa shape index (κ1) is 26.3. The Labute approximate surface area is 229 Å². The summed E-state index contributed by atoms with van der Waals surface area (Å²) in [6.07, 6.45) is 5.90. The van der Waals surface area contributed by atoms with Crippen LogP contribution >= 0.6 is 15.9 Å². The number of ether oxygens (including phenoxy) is 2. The van der Waals surface area contributed by atoms with Gasteiger partial charge in [0.2, 0.25) is 0 Å². The lowest BCUT2D eigenvalue weighted by Crippen LogP contribution is -2.39. The Kier molecular flexibility index (Phi) is 7.73. The van der Waals surface area contributed by atoms with Crippen LogP contribution in [0.5, 0.6) is 0 Å². The highest BCUT2D eigenvalue weighted by atomic mass is 79.9. The van der Waals surface area contributed by atoms with E-state index in [1.165, 1.54) is 0 Å². The summed E-state index contributed by atoms with van der Waals surface area (Å²) in [5, 5.41) is 14.5. The van der Waals surface area contributed by atoms with Gasteiger partial charge in [0.1, 0.15) is 5.82 Å². The Morgan fingerprint density at radius 2 is 1.89 bits per heavy atom. The van der Waals surface area contributed by atoms with Gasteiger partial charge >= 0.3 is 5.97 Å². The lowest BCUT2D eigenvalue weighted by Gasteiger charge is -2.36. The average molecular weight is 580 g/mol. The minimum Gasteiger partial charge on any atom is -0.481 e. The number of nitrogens with zero attached hydrogens (tertiary/aromatic N) is 4. The molecule has 1 fully saturated rings. The SMILES string of the molecule is COCCOCC1(C(=O)O)CCC(c2nc3c(-c4ccc(-c5ccccc5)nc4)cnn3c(N)c2Br)CC1. The van der Waals surface area contributed by atoms with Crippen molar-refractivity contribution in [2.75, 3.05) is 32.7 Å². The van der Waals surface area contributed by atoms with Crippen molar-refractivity contribution in [1.82, 2.24) is 19.6 Å². The standard InChI is InChI=1S/C28H30BrN5O4/c1-37-13-14-38-17-28(27(35)36)11-9-19(10-12-28)24-23(29)25(30)34-26(33-24)21(16-32-34)20-7-8-22(31-15-20)18-5-3-2-4-6-18/h2-8,15-16,19H,9-14,17,30H2,1H3,(H,35,36). The summed E-state index contributed by atoms with van der Waals surface area (Å²) in [5.41, 5.74) is 10.7. The van der Waals surface area contributed by atoms with E-state index in [2.05, 4.69) is 26.0 Å².